The van der Waals surface area contributed by atoms with E-state index in [1.807, 2.05) is 26.0 Å². The number of aryl methyl sites for hydroxylation is 2. The lowest BCUT2D eigenvalue weighted by Crippen LogP contribution is -2.37. The van der Waals surface area contributed by atoms with Gasteiger partial charge in [0.2, 0.25) is 0 Å². The van der Waals surface area contributed by atoms with E-state index >= 15 is 0 Å². The summed E-state index contributed by atoms with van der Waals surface area (Å²) in [6, 6.07) is 29.7. The summed E-state index contributed by atoms with van der Waals surface area (Å²) in [6.07, 6.45) is 0. The largest absolute Gasteiger partial charge is 0.422 e. The molecule has 5 aromatic carbocycles. The Morgan fingerprint density at radius 2 is 1.23 bits per heavy atom. The van der Waals surface area contributed by atoms with Crippen LogP contribution in [-0.2, 0) is 10.0 Å². The maximum Gasteiger partial charge on any atom is 0.343 e. The number of hydrogen-bond acceptors (Lipinski definition) is 5. The molecular weight excluding hydrogens is 590 g/mol. The van der Waals surface area contributed by atoms with Gasteiger partial charge in [0.1, 0.15) is 5.75 Å². The van der Waals surface area contributed by atoms with Crippen molar-refractivity contribution in [2.24, 2.45) is 0 Å². The van der Waals surface area contributed by atoms with Crippen molar-refractivity contribution in [2.75, 3.05) is 4.31 Å². The van der Waals surface area contributed by atoms with E-state index < -0.39 is 21.9 Å². The number of esters is 1. The number of sulfonamides is 1. The summed E-state index contributed by atoms with van der Waals surface area (Å²) in [4.78, 5) is 26.8. The highest BCUT2D eigenvalue weighted by molar-refractivity contribution is 9.10. The van der Waals surface area contributed by atoms with E-state index in [0.29, 0.717) is 20.8 Å². The van der Waals surface area contributed by atoms with E-state index in [9.17, 15) is 18.0 Å². The molecule has 0 saturated heterocycles. The fourth-order valence-corrected chi connectivity index (χ4v) is 5.94. The Morgan fingerprint density at radius 1 is 0.675 bits per heavy atom. The summed E-state index contributed by atoms with van der Waals surface area (Å²) in [5, 5.41) is 0.908. The van der Waals surface area contributed by atoms with Crippen molar-refractivity contribution in [3.05, 3.63) is 136 Å². The zero-order valence-corrected chi connectivity index (χ0v) is 24.1. The van der Waals surface area contributed by atoms with Gasteiger partial charge in [0.15, 0.2) is 0 Å². The molecule has 5 aromatic rings. The quantitative estimate of drug-likeness (QED) is 0.146. The zero-order valence-electron chi connectivity index (χ0n) is 21.7. The van der Waals surface area contributed by atoms with Gasteiger partial charge in [-0.05, 0) is 74.5 Å². The second-order valence-corrected chi connectivity index (χ2v) is 12.0. The molecule has 0 unspecified atom stereocenters. The Morgan fingerprint density at radius 3 is 1.82 bits per heavy atom. The highest BCUT2D eigenvalue weighted by atomic mass is 79.9. The Hall–Kier alpha value is -4.27. The number of hydrogen-bond donors (Lipinski definition) is 0. The fourth-order valence-electron chi connectivity index (χ4n) is 4.24. The number of ether oxygens (including phenoxy) is 1. The summed E-state index contributed by atoms with van der Waals surface area (Å²) in [5.74, 6) is -1.01. The molecule has 0 aliphatic heterocycles. The van der Waals surface area contributed by atoms with Crippen molar-refractivity contribution in [1.82, 2.24) is 0 Å². The molecule has 0 saturated carbocycles. The second kappa shape index (κ2) is 11.1. The number of benzene rings is 5. The predicted octanol–water partition coefficient (Wildman–Crippen LogP) is 7.47. The zero-order chi connectivity index (χ0) is 28.4. The summed E-state index contributed by atoms with van der Waals surface area (Å²) in [6.45, 7) is 3.81. The topological polar surface area (TPSA) is 80.8 Å². The summed E-state index contributed by atoms with van der Waals surface area (Å²) in [5.41, 5.74) is 2.68. The third-order valence-corrected chi connectivity index (χ3v) is 8.64. The van der Waals surface area contributed by atoms with E-state index in [4.69, 9.17) is 4.74 Å². The average molecular weight is 615 g/mol. The SMILES string of the molecule is Cc1ccc(C(=O)Oc2ccc(N(C(=O)c3ccc(C)cc3)S(=O)(=O)c3ccc(Br)cc3)c3ccccc23)cc1. The average Bonchev–Trinajstić information content (AvgIpc) is 2.95. The molecular formula is C32H24BrNO5S. The number of rotatable bonds is 6. The first-order valence-electron chi connectivity index (χ1n) is 12.4. The Labute approximate surface area is 241 Å². The third kappa shape index (κ3) is 5.41. The number of carbonyl (C=O) groups excluding carboxylic acids is 2. The van der Waals surface area contributed by atoms with Gasteiger partial charge in [-0.1, -0.05) is 75.6 Å². The molecule has 0 aliphatic carbocycles. The van der Waals surface area contributed by atoms with Crippen LogP contribution in [0, 0.1) is 13.8 Å². The van der Waals surface area contributed by atoms with Gasteiger partial charge < -0.3 is 4.74 Å². The van der Waals surface area contributed by atoms with Crippen molar-refractivity contribution in [3.8, 4) is 5.75 Å². The minimum Gasteiger partial charge on any atom is -0.422 e. The first-order chi connectivity index (χ1) is 19.1. The van der Waals surface area contributed by atoms with Crippen LogP contribution >= 0.6 is 15.9 Å². The minimum atomic E-state index is -4.35. The van der Waals surface area contributed by atoms with Crippen molar-refractivity contribution in [3.63, 3.8) is 0 Å². The van der Waals surface area contributed by atoms with Gasteiger partial charge in [0.05, 0.1) is 16.1 Å². The predicted molar refractivity (Wildman–Crippen MR) is 159 cm³/mol. The van der Waals surface area contributed by atoms with Crippen LogP contribution in [0.2, 0.25) is 0 Å². The second-order valence-electron chi connectivity index (χ2n) is 9.28. The number of carbonyl (C=O) groups is 2. The van der Waals surface area contributed by atoms with Crippen LogP contribution < -0.4 is 9.04 Å². The smallest absolute Gasteiger partial charge is 0.343 e. The maximum atomic E-state index is 14.0. The third-order valence-electron chi connectivity index (χ3n) is 6.40. The molecule has 0 spiro atoms. The molecule has 8 heteroatoms. The normalized spacial score (nSPS) is 11.3. The molecule has 0 N–H and O–H groups in total. The molecule has 0 radical (unpaired) electrons. The van der Waals surface area contributed by atoms with E-state index in [0.717, 1.165) is 15.4 Å². The van der Waals surface area contributed by atoms with Gasteiger partial charge in [0, 0.05) is 20.8 Å². The number of fused-ring (bicyclic) bond motifs is 1. The van der Waals surface area contributed by atoms with E-state index in [2.05, 4.69) is 15.9 Å². The first kappa shape index (κ1) is 27.3. The van der Waals surface area contributed by atoms with Gasteiger partial charge in [-0.3, -0.25) is 4.79 Å². The highest BCUT2D eigenvalue weighted by Gasteiger charge is 2.33. The minimum absolute atomic E-state index is 0.0462. The van der Waals surface area contributed by atoms with Crippen molar-refractivity contribution < 1.29 is 22.7 Å². The standard InChI is InChI=1S/C32H24BrNO5S/c1-21-7-11-23(12-8-21)31(35)34(40(37,38)26-17-15-25(33)16-18-26)29-19-20-30(28-6-4-3-5-27(28)29)39-32(36)24-13-9-22(2)10-14-24/h3-20H,1-2H3. The van der Waals surface area contributed by atoms with Crippen LogP contribution in [0.25, 0.3) is 10.8 Å². The lowest BCUT2D eigenvalue weighted by atomic mass is 10.1. The van der Waals surface area contributed by atoms with Crippen molar-refractivity contribution in [2.45, 2.75) is 18.7 Å². The monoisotopic (exact) mass is 613 g/mol. The van der Waals surface area contributed by atoms with Crippen LogP contribution in [0.15, 0.2) is 119 Å². The summed E-state index contributed by atoms with van der Waals surface area (Å²) < 4.78 is 35.3. The van der Waals surface area contributed by atoms with Gasteiger partial charge >= 0.3 is 5.97 Å². The molecule has 0 fully saturated rings. The molecule has 0 bridgehead atoms. The first-order valence-corrected chi connectivity index (χ1v) is 14.6. The number of anilines is 1. The molecule has 6 nitrogen and oxygen atoms in total. The van der Waals surface area contributed by atoms with E-state index in [-0.39, 0.29) is 21.9 Å². The maximum absolute atomic E-state index is 14.0. The van der Waals surface area contributed by atoms with Gasteiger partial charge in [0.25, 0.3) is 15.9 Å². The molecule has 40 heavy (non-hydrogen) atoms. The fraction of sp³-hybridized carbons (Fsp3) is 0.0625. The van der Waals surface area contributed by atoms with Gasteiger partial charge in [-0.25, -0.2) is 13.2 Å². The molecule has 0 aliphatic rings. The summed E-state index contributed by atoms with van der Waals surface area (Å²) in [7, 11) is -4.35. The Bertz CT molecular complexity index is 1830. The highest BCUT2D eigenvalue weighted by Crippen LogP contribution is 2.37. The molecule has 1 amide bonds. The van der Waals surface area contributed by atoms with Crippen LogP contribution in [0.5, 0.6) is 5.75 Å². The number of halogens is 1. The molecule has 0 heterocycles. The van der Waals surface area contributed by atoms with E-state index in [1.165, 1.54) is 24.3 Å². The molecule has 200 valence electrons. The lowest BCUT2D eigenvalue weighted by molar-refractivity contribution is 0.0736. The van der Waals surface area contributed by atoms with Crippen molar-refractivity contribution >= 4 is 54.3 Å². The number of amides is 1. The number of nitrogens with zero attached hydrogens (tertiary/aromatic N) is 1. The van der Waals surface area contributed by atoms with Crippen molar-refractivity contribution in [1.29, 1.82) is 0 Å². The van der Waals surface area contributed by atoms with Gasteiger partial charge in [-0.15, -0.1) is 0 Å². The van der Waals surface area contributed by atoms with Crippen LogP contribution in [-0.4, -0.2) is 20.3 Å². The Kier molecular flexibility index (Phi) is 7.56. The van der Waals surface area contributed by atoms with E-state index in [1.54, 1.807) is 72.8 Å². The lowest BCUT2D eigenvalue weighted by Gasteiger charge is -2.25. The molecule has 0 atom stereocenters. The Balaban J connectivity index is 1.66. The van der Waals surface area contributed by atoms with Gasteiger partial charge in [-0.2, -0.15) is 4.31 Å². The molecule has 0 aromatic heterocycles. The van der Waals surface area contributed by atoms with Crippen LogP contribution in [0.3, 0.4) is 0 Å². The molecule has 5 rings (SSSR count). The van der Waals surface area contributed by atoms with Crippen LogP contribution in [0.1, 0.15) is 31.8 Å². The summed E-state index contributed by atoms with van der Waals surface area (Å²) >= 11 is 3.33. The van der Waals surface area contributed by atoms with Crippen LogP contribution in [0.4, 0.5) is 5.69 Å².